The Morgan fingerprint density at radius 2 is 1.41 bits per heavy atom. The highest BCUT2D eigenvalue weighted by Crippen LogP contribution is 2.33. The summed E-state index contributed by atoms with van der Waals surface area (Å²) in [6.45, 7) is 4.23. The molecule has 0 N–H and O–H groups in total. The van der Waals surface area contributed by atoms with Crippen LogP contribution in [0.4, 0.5) is 0 Å². The fourth-order valence-electron chi connectivity index (χ4n) is 3.63. The lowest BCUT2D eigenvalue weighted by atomic mass is 9.90. The molecule has 0 radical (unpaired) electrons. The quantitative estimate of drug-likeness (QED) is 0.423. The van der Waals surface area contributed by atoms with E-state index in [1.165, 1.54) is 11.1 Å². The van der Waals surface area contributed by atoms with Crippen molar-refractivity contribution in [2.24, 2.45) is 0 Å². The van der Waals surface area contributed by atoms with Crippen LogP contribution in [-0.2, 0) is 11.3 Å². The predicted octanol–water partition coefficient (Wildman–Crippen LogP) is 5.25. The Bertz CT molecular complexity index is 953. The molecule has 1 aromatic heterocycles. The van der Waals surface area contributed by atoms with Gasteiger partial charge in [-0.05, 0) is 30.2 Å². The molecule has 0 atom stereocenters. The molecule has 1 heterocycles. The Hall–Kier alpha value is -2.91. The number of nitrogens with zero attached hydrogens (tertiary/aromatic N) is 2. The Balaban J connectivity index is 1.89. The maximum Gasteiger partial charge on any atom is 0.121 e. The Morgan fingerprint density at radius 1 is 0.815 bits per heavy atom. The van der Waals surface area contributed by atoms with Crippen molar-refractivity contribution in [2.45, 2.75) is 19.4 Å². The van der Waals surface area contributed by atoms with Crippen LogP contribution in [0.1, 0.15) is 29.8 Å². The van der Waals surface area contributed by atoms with Gasteiger partial charge in [-0.1, -0.05) is 72.8 Å². The van der Waals surface area contributed by atoms with Gasteiger partial charge in [0.1, 0.15) is 5.82 Å². The molecular formula is C24H24N2O. The number of para-hydroxylation sites is 2. The zero-order chi connectivity index (χ0) is 18.5. The van der Waals surface area contributed by atoms with E-state index in [9.17, 15) is 0 Å². The summed E-state index contributed by atoms with van der Waals surface area (Å²) in [5, 5.41) is 0. The molecule has 0 aliphatic heterocycles. The summed E-state index contributed by atoms with van der Waals surface area (Å²) in [4.78, 5) is 5.05. The first-order valence-electron chi connectivity index (χ1n) is 9.51. The maximum absolute atomic E-state index is 5.65. The van der Waals surface area contributed by atoms with E-state index in [-0.39, 0.29) is 5.92 Å². The van der Waals surface area contributed by atoms with E-state index in [2.05, 4.69) is 83.4 Å². The molecule has 4 rings (SSSR count). The fraction of sp³-hybridized carbons (Fsp3) is 0.208. The summed E-state index contributed by atoms with van der Waals surface area (Å²) in [6, 6.07) is 29.6. The largest absolute Gasteiger partial charge is 0.380 e. The van der Waals surface area contributed by atoms with Crippen molar-refractivity contribution in [1.82, 2.24) is 9.55 Å². The lowest BCUT2D eigenvalue weighted by molar-refractivity contribution is 0.139. The van der Waals surface area contributed by atoms with Gasteiger partial charge in [-0.2, -0.15) is 0 Å². The molecular weight excluding hydrogens is 332 g/mol. The second-order valence-electron chi connectivity index (χ2n) is 6.56. The van der Waals surface area contributed by atoms with Crippen molar-refractivity contribution in [3.63, 3.8) is 0 Å². The summed E-state index contributed by atoms with van der Waals surface area (Å²) in [5.74, 6) is 1.15. The molecule has 3 heteroatoms. The standard InChI is InChI=1S/C24H24N2O/c1-2-27-18-17-26-22-16-10-9-15-21(22)25-24(26)23(19-11-5-3-6-12-19)20-13-7-4-8-14-20/h3-16,23H,2,17-18H2,1H3. The van der Waals surface area contributed by atoms with Crippen molar-refractivity contribution in [1.29, 1.82) is 0 Å². The summed E-state index contributed by atoms with van der Waals surface area (Å²) < 4.78 is 7.97. The molecule has 0 aliphatic carbocycles. The first-order valence-corrected chi connectivity index (χ1v) is 9.51. The van der Waals surface area contributed by atoms with Crippen LogP contribution < -0.4 is 0 Å². The van der Waals surface area contributed by atoms with Crippen LogP contribution in [0.5, 0.6) is 0 Å². The van der Waals surface area contributed by atoms with Crippen molar-refractivity contribution in [2.75, 3.05) is 13.2 Å². The Labute approximate surface area is 160 Å². The number of benzene rings is 3. The van der Waals surface area contributed by atoms with E-state index in [4.69, 9.17) is 9.72 Å². The Kier molecular flexibility index (Phi) is 5.31. The van der Waals surface area contributed by atoms with Crippen molar-refractivity contribution < 1.29 is 4.74 Å². The normalized spacial score (nSPS) is 11.3. The van der Waals surface area contributed by atoms with E-state index in [0.29, 0.717) is 6.61 Å². The van der Waals surface area contributed by atoms with Crippen LogP contribution in [0.25, 0.3) is 11.0 Å². The third-order valence-electron chi connectivity index (χ3n) is 4.87. The second kappa shape index (κ2) is 8.19. The highest BCUT2D eigenvalue weighted by molar-refractivity contribution is 5.76. The second-order valence-corrected chi connectivity index (χ2v) is 6.56. The van der Waals surface area contributed by atoms with Gasteiger partial charge in [-0.15, -0.1) is 0 Å². The van der Waals surface area contributed by atoms with E-state index in [1.807, 2.05) is 13.0 Å². The third kappa shape index (κ3) is 3.64. The summed E-state index contributed by atoms with van der Waals surface area (Å²) >= 11 is 0. The van der Waals surface area contributed by atoms with E-state index in [1.54, 1.807) is 0 Å². The molecule has 3 nitrogen and oxygen atoms in total. The van der Waals surface area contributed by atoms with Crippen molar-refractivity contribution >= 4 is 11.0 Å². The molecule has 0 saturated carbocycles. The van der Waals surface area contributed by atoms with Gasteiger partial charge in [0.05, 0.1) is 23.6 Å². The average Bonchev–Trinajstić information content (AvgIpc) is 3.08. The summed E-state index contributed by atoms with van der Waals surface area (Å²) in [6.07, 6.45) is 0. The monoisotopic (exact) mass is 356 g/mol. The van der Waals surface area contributed by atoms with Gasteiger partial charge in [0.25, 0.3) is 0 Å². The maximum atomic E-state index is 5.65. The predicted molar refractivity (Wildman–Crippen MR) is 110 cm³/mol. The van der Waals surface area contributed by atoms with Gasteiger partial charge in [0.15, 0.2) is 0 Å². The number of rotatable bonds is 7. The minimum Gasteiger partial charge on any atom is -0.380 e. The molecule has 0 saturated heterocycles. The molecule has 136 valence electrons. The van der Waals surface area contributed by atoms with Crippen LogP contribution in [0.15, 0.2) is 84.9 Å². The highest BCUT2D eigenvalue weighted by atomic mass is 16.5. The zero-order valence-electron chi connectivity index (χ0n) is 15.6. The number of hydrogen-bond donors (Lipinski definition) is 0. The van der Waals surface area contributed by atoms with Crippen LogP contribution in [0.2, 0.25) is 0 Å². The van der Waals surface area contributed by atoms with Gasteiger partial charge in [-0.25, -0.2) is 4.98 Å². The molecule has 4 aromatic rings. The van der Waals surface area contributed by atoms with Crippen molar-refractivity contribution in [3.05, 3.63) is 102 Å². The number of fused-ring (bicyclic) bond motifs is 1. The van der Waals surface area contributed by atoms with Gasteiger partial charge < -0.3 is 9.30 Å². The summed E-state index contributed by atoms with van der Waals surface area (Å²) in [7, 11) is 0. The van der Waals surface area contributed by atoms with Crippen LogP contribution in [-0.4, -0.2) is 22.8 Å². The molecule has 3 aromatic carbocycles. The van der Waals surface area contributed by atoms with Crippen molar-refractivity contribution in [3.8, 4) is 0 Å². The van der Waals surface area contributed by atoms with E-state index >= 15 is 0 Å². The van der Waals surface area contributed by atoms with Gasteiger partial charge >= 0.3 is 0 Å². The zero-order valence-corrected chi connectivity index (χ0v) is 15.6. The number of hydrogen-bond acceptors (Lipinski definition) is 2. The summed E-state index contributed by atoms with van der Waals surface area (Å²) in [5.41, 5.74) is 4.68. The molecule has 0 fully saturated rings. The number of imidazole rings is 1. The minimum atomic E-state index is 0.0847. The SMILES string of the molecule is CCOCCn1c(C(c2ccccc2)c2ccccc2)nc2ccccc21. The fourth-order valence-corrected chi connectivity index (χ4v) is 3.63. The molecule has 0 amide bonds. The highest BCUT2D eigenvalue weighted by Gasteiger charge is 2.23. The first kappa shape index (κ1) is 17.5. The Morgan fingerprint density at radius 3 is 2.04 bits per heavy atom. The first-order chi connectivity index (χ1) is 13.4. The van der Waals surface area contributed by atoms with Crippen LogP contribution in [0.3, 0.4) is 0 Å². The number of aromatic nitrogens is 2. The van der Waals surface area contributed by atoms with Gasteiger partial charge in [-0.3, -0.25) is 0 Å². The minimum absolute atomic E-state index is 0.0847. The molecule has 0 unspecified atom stereocenters. The smallest absolute Gasteiger partial charge is 0.121 e. The number of ether oxygens (including phenoxy) is 1. The van der Waals surface area contributed by atoms with Gasteiger partial charge in [0, 0.05) is 13.2 Å². The van der Waals surface area contributed by atoms with Crippen LogP contribution >= 0.6 is 0 Å². The average molecular weight is 356 g/mol. The lowest BCUT2D eigenvalue weighted by Gasteiger charge is -2.20. The molecule has 0 spiro atoms. The molecule has 0 aliphatic rings. The lowest BCUT2D eigenvalue weighted by Crippen LogP contribution is -2.14. The van der Waals surface area contributed by atoms with E-state index < -0.39 is 0 Å². The topological polar surface area (TPSA) is 27.1 Å². The third-order valence-corrected chi connectivity index (χ3v) is 4.87. The van der Waals surface area contributed by atoms with E-state index in [0.717, 1.165) is 30.0 Å². The van der Waals surface area contributed by atoms with Crippen LogP contribution in [0, 0.1) is 0 Å². The van der Waals surface area contributed by atoms with Gasteiger partial charge in [0.2, 0.25) is 0 Å². The molecule has 27 heavy (non-hydrogen) atoms. The molecule has 0 bridgehead atoms.